The van der Waals surface area contributed by atoms with E-state index in [2.05, 4.69) is 0 Å². The second kappa shape index (κ2) is 16.1. The third-order valence-electron chi connectivity index (χ3n) is 3.88. The van der Waals surface area contributed by atoms with Crippen molar-refractivity contribution in [1.29, 1.82) is 0 Å². The van der Waals surface area contributed by atoms with E-state index < -0.39 is 22.7 Å². The van der Waals surface area contributed by atoms with Gasteiger partial charge in [0.25, 0.3) is 10.1 Å². The third kappa shape index (κ3) is 12.6. The van der Waals surface area contributed by atoms with E-state index in [1.807, 2.05) is 54.6 Å². The molecule has 1 atom stereocenters. The van der Waals surface area contributed by atoms with Gasteiger partial charge in [0.15, 0.2) is 4.99 Å². The molecule has 11 heteroatoms. The number of hydrogen-bond donors (Lipinski definition) is 3. The summed E-state index contributed by atoms with van der Waals surface area (Å²) in [6.45, 7) is 0. The van der Waals surface area contributed by atoms with Gasteiger partial charge in [0.05, 0.1) is 0 Å². The van der Waals surface area contributed by atoms with Gasteiger partial charge in [-0.15, -0.1) is 0 Å². The maximum atomic E-state index is 11.2. The van der Waals surface area contributed by atoms with Crippen molar-refractivity contribution in [2.24, 2.45) is 0 Å². The molecule has 0 fully saturated rings. The Kier molecular flexibility index (Phi) is 19.3. The van der Waals surface area contributed by atoms with Crippen LogP contribution in [0.5, 0.6) is 0 Å². The summed E-state index contributed by atoms with van der Waals surface area (Å²) in [5, 5.41) is 0. The van der Waals surface area contributed by atoms with E-state index in [4.69, 9.17) is 14.3 Å². The summed E-state index contributed by atoms with van der Waals surface area (Å²) < 4.78 is 42.5. The minimum absolute atomic E-state index is 0. The smallest absolute Gasteiger partial charge is 0.323 e. The van der Waals surface area contributed by atoms with E-state index in [0.29, 0.717) is 6.42 Å². The SMILES string of the molecule is O=P(O)(O)C(CCCc1cccc(Cc2ccccc2)c1)S(=O)(=O)O.[K].[K].[K]. The van der Waals surface area contributed by atoms with Crippen molar-refractivity contribution in [3.63, 3.8) is 0 Å². The van der Waals surface area contributed by atoms with Gasteiger partial charge in [-0.25, -0.2) is 0 Å². The van der Waals surface area contributed by atoms with Crippen LogP contribution in [0.25, 0.3) is 0 Å². The Morgan fingerprint density at radius 3 is 1.93 bits per heavy atom. The fourth-order valence-corrected chi connectivity index (χ4v) is 5.07. The Morgan fingerprint density at radius 2 is 1.39 bits per heavy atom. The Balaban J connectivity index is 0. The van der Waals surface area contributed by atoms with Gasteiger partial charge in [-0.05, 0) is 42.4 Å². The first-order valence-electron chi connectivity index (χ1n) is 7.79. The Hall–Kier alpha value is 3.41. The van der Waals surface area contributed by atoms with Crippen LogP contribution < -0.4 is 0 Å². The number of aryl methyl sites for hydroxylation is 1. The molecule has 0 aliphatic carbocycles. The molecule has 0 bridgehead atoms. The molecule has 2 rings (SSSR count). The summed E-state index contributed by atoms with van der Waals surface area (Å²) in [7, 11) is -9.70. The van der Waals surface area contributed by atoms with Gasteiger partial charge in [0.1, 0.15) is 0 Å². The Labute approximate surface area is 294 Å². The third-order valence-corrected chi connectivity index (χ3v) is 7.43. The molecule has 0 aromatic heterocycles. The van der Waals surface area contributed by atoms with Gasteiger partial charge in [0, 0.05) is 154 Å². The van der Waals surface area contributed by atoms with Crippen molar-refractivity contribution >= 4 is 172 Å². The second-order valence-electron chi connectivity index (χ2n) is 5.93. The molecule has 0 heterocycles. The molecule has 3 radical (unpaired) electrons. The summed E-state index contributed by atoms with van der Waals surface area (Å²) in [5.41, 5.74) is 3.23. The van der Waals surface area contributed by atoms with Crippen molar-refractivity contribution in [2.75, 3.05) is 0 Å². The van der Waals surface area contributed by atoms with E-state index in [1.165, 1.54) is 5.56 Å². The summed E-state index contributed by atoms with van der Waals surface area (Å²) in [6, 6.07) is 17.7. The van der Waals surface area contributed by atoms with Crippen molar-refractivity contribution < 1.29 is 27.3 Å². The standard InChI is InChI=1S/C17H21O6PS.3K/c18-24(19,20)17(25(21,22)23)11-5-9-15-8-4-10-16(13-15)12-14-6-2-1-3-7-14;;;/h1-4,6-8,10,13,17H,5,9,11-12H2,(H2,18,19,20)(H,21,22,23);;;. The topological polar surface area (TPSA) is 112 Å². The predicted octanol–water partition coefficient (Wildman–Crippen LogP) is 1.85. The molecular weight excluding hydrogens is 481 g/mol. The average molecular weight is 502 g/mol. The monoisotopic (exact) mass is 501 g/mol. The van der Waals surface area contributed by atoms with E-state index in [0.717, 1.165) is 17.5 Å². The van der Waals surface area contributed by atoms with Gasteiger partial charge in [-0.2, -0.15) is 8.42 Å². The van der Waals surface area contributed by atoms with Crippen molar-refractivity contribution in [3.05, 3.63) is 71.3 Å². The minimum Gasteiger partial charge on any atom is -0.323 e. The molecule has 0 aliphatic rings. The summed E-state index contributed by atoms with van der Waals surface area (Å²) in [6.07, 6.45) is 1.18. The zero-order chi connectivity index (χ0) is 18.5. The van der Waals surface area contributed by atoms with Crippen LogP contribution in [0.15, 0.2) is 54.6 Å². The first-order chi connectivity index (χ1) is 11.7. The van der Waals surface area contributed by atoms with E-state index in [1.54, 1.807) is 0 Å². The van der Waals surface area contributed by atoms with Gasteiger partial charge >= 0.3 is 7.60 Å². The number of hydrogen-bond acceptors (Lipinski definition) is 3. The van der Waals surface area contributed by atoms with E-state index >= 15 is 0 Å². The Bertz CT molecular complexity index is 858. The molecule has 1 unspecified atom stereocenters. The van der Waals surface area contributed by atoms with Crippen LogP contribution in [0, 0.1) is 0 Å². The summed E-state index contributed by atoms with van der Waals surface area (Å²) in [4.78, 5) is 16.1. The molecule has 0 amide bonds. The van der Waals surface area contributed by atoms with Crippen LogP contribution in [-0.4, -0.2) is 182 Å². The molecular formula is C17H21K3O6PS. The van der Waals surface area contributed by atoms with Gasteiger partial charge < -0.3 is 9.79 Å². The second-order valence-corrected chi connectivity index (χ2v) is 9.68. The quantitative estimate of drug-likeness (QED) is 0.289. The van der Waals surface area contributed by atoms with E-state index in [9.17, 15) is 13.0 Å². The molecule has 0 spiro atoms. The molecule has 6 nitrogen and oxygen atoms in total. The molecule has 0 saturated carbocycles. The molecule has 0 aliphatic heterocycles. The van der Waals surface area contributed by atoms with Crippen molar-refractivity contribution in [2.45, 2.75) is 30.7 Å². The Morgan fingerprint density at radius 1 is 0.857 bits per heavy atom. The average Bonchev–Trinajstić information content (AvgIpc) is 2.50. The maximum absolute atomic E-state index is 11.2. The first-order valence-corrected chi connectivity index (χ1v) is 11.0. The normalized spacial score (nSPS) is 12.1. The zero-order valence-corrected chi connectivity index (χ0v) is 27.6. The van der Waals surface area contributed by atoms with Gasteiger partial charge in [-0.1, -0.05) is 54.6 Å². The van der Waals surface area contributed by atoms with Crippen LogP contribution >= 0.6 is 7.60 Å². The van der Waals surface area contributed by atoms with Crippen molar-refractivity contribution in [1.82, 2.24) is 0 Å². The van der Waals surface area contributed by atoms with Crippen LogP contribution in [0.4, 0.5) is 0 Å². The summed E-state index contributed by atoms with van der Waals surface area (Å²) in [5.74, 6) is 0. The number of rotatable bonds is 8. The first kappa shape index (κ1) is 33.6. The molecule has 28 heavy (non-hydrogen) atoms. The molecule has 0 saturated heterocycles. The zero-order valence-electron chi connectivity index (χ0n) is 16.5. The molecule has 3 N–H and O–H groups in total. The van der Waals surface area contributed by atoms with Crippen LogP contribution in [0.1, 0.15) is 29.5 Å². The fraction of sp³-hybridized carbons (Fsp3) is 0.294. The van der Waals surface area contributed by atoms with Gasteiger partial charge in [-0.3, -0.25) is 9.12 Å². The van der Waals surface area contributed by atoms with Gasteiger partial charge in [0.2, 0.25) is 0 Å². The predicted molar refractivity (Wildman–Crippen MR) is 113 cm³/mol. The van der Waals surface area contributed by atoms with Crippen LogP contribution in [0.3, 0.4) is 0 Å². The minimum atomic E-state index is -4.91. The molecule has 2 aromatic carbocycles. The van der Waals surface area contributed by atoms with Crippen LogP contribution in [-0.2, 0) is 27.5 Å². The fourth-order valence-electron chi connectivity index (χ4n) is 2.70. The van der Waals surface area contributed by atoms with Crippen molar-refractivity contribution in [3.8, 4) is 0 Å². The molecule has 2 aromatic rings. The number of benzene rings is 2. The summed E-state index contributed by atoms with van der Waals surface area (Å²) >= 11 is 0. The maximum Gasteiger partial charge on any atom is 0.346 e. The molecule has 139 valence electrons. The largest absolute Gasteiger partial charge is 0.346 e. The van der Waals surface area contributed by atoms with Crippen LogP contribution in [0.2, 0.25) is 0 Å². The van der Waals surface area contributed by atoms with E-state index in [-0.39, 0.29) is 167 Å².